The summed E-state index contributed by atoms with van der Waals surface area (Å²) in [5.41, 5.74) is 1.69. The third-order valence-corrected chi connectivity index (χ3v) is 3.05. The van der Waals surface area contributed by atoms with Gasteiger partial charge in [-0.25, -0.2) is 0 Å². The largest absolute Gasteiger partial charge is 0.294 e. The normalized spacial score (nSPS) is 19.5. The van der Waals surface area contributed by atoms with Crippen molar-refractivity contribution in [1.29, 1.82) is 5.26 Å². The Morgan fingerprint density at radius 2 is 2.33 bits per heavy atom. The summed E-state index contributed by atoms with van der Waals surface area (Å²) in [5.74, 6) is 0.331. The van der Waals surface area contributed by atoms with Crippen LogP contribution >= 0.6 is 11.6 Å². The predicted molar refractivity (Wildman–Crippen MR) is 58.0 cm³/mol. The minimum atomic E-state index is 0.163. The van der Waals surface area contributed by atoms with E-state index in [1.807, 2.05) is 6.07 Å². The number of halogens is 1. The molecule has 0 radical (unpaired) electrons. The number of rotatable bonds is 1. The molecule has 0 N–H and O–H groups in total. The zero-order valence-corrected chi connectivity index (χ0v) is 8.92. The van der Waals surface area contributed by atoms with E-state index in [0.29, 0.717) is 17.9 Å². The highest BCUT2D eigenvalue weighted by molar-refractivity contribution is 6.30. The number of Topliss-reactive ketones (excluding diaryl/α,β-unsaturated/α-hetero) is 1. The fraction of sp³-hybridized carbons (Fsp3) is 0.333. The molecule has 0 aliphatic heterocycles. The van der Waals surface area contributed by atoms with Crippen molar-refractivity contribution in [2.45, 2.75) is 25.2 Å². The first kappa shape index (κ1) is 10.2. The van der Waals surface area contributed by atoms with Crippen molar-refractivity contribution in [2.75, 3.05) is 0 Å². The van der Waals surface area contributed by atoms with Crippen LogP contribution in [0.15, 0.2) is 18.2 Å². The van der Waals surface area contributed by atoms with Gasteiger partial charge in [0.05, 0.1) is 6.07 Å². The molecule has 0 fully saturated rings. The van der Waals surface area contributed by atoms with Gasteiger partial charge in [-0.2, -0.15) is 5.26 Å². The molecule has 1 aromatic rings. The molecule has 0 bridgehead atoms. The molecule has 0 saturated carbocycles. The zero-order valence-electron chi connectivity index (χ0n) is 8.16. The number of hydrogen-bond donors (Lipinski definition) is 0. The minimum absolute atomic E-state index is 0.163. The van der Waals surface area contributed by atoms with Gasteiger partial charge in [0, 0.05) is 23.4 Å². The summed E-state index contributed by atoms with van der Waals surface area (Å²) >= 11 is 5.90. The summed E-state index contributed by atoms with van der Waals surface area (Å²) in [5, 5.41) is 9.34. The van der Waals surface area contributed by atoms with Crippen LogP contribution in [0.25, 0.3) is 0 Å². The number of hydrogen-bond acceptors (Lipinski definition) is 2. The lowest BCUT2D eigenvalue weighted by atomic mass is 9.81. The van der Waals surface area contributed by atoms with Crippen molar-refractivity contribution in [3.05, 3.63) is 34.3 Å². The topological polar surface area (TPSA) is 40.9 Å². The maximum absolute atomic E-state index is 11.6. The van der Waals surface area contributed by atoms with Gasteiger partial charge in [0.1, 0.15) is 0 Å². The van der Waals surface area contributed by atoms with Crippen molar-refractivity contribution in [3.8, 4) is 6.07 Å². The van der Waals surface area contributed by atoms with Crippen molar-refractivity contribution in [1.82, 2.24) is 0 Å². The first-order valence-electron chi connectivity index (χ1n) is 4.92. The molecule has 1 aromatic carbocycles. The van der Waals surface area contributed by atoms with Crippen molar-refractivity contribution in [3.63, 3.8) is 0 Å². The van der Waals surface area contributed by atoms with Gasteiger partial charge in [0.2, 0.25) is 0 Å². The Morgan fingerprint density at radius 3 is 3.07 bits per heavy atom. The predicted octanol–water partition coefficient (Wildman–Crippen LogP) is 3.31. The highest BCUT2D eigenvalue weighted by Crippen LogP contribution is 2.35. The third kappa shape index (κ3) is 1.88. The van der Waals surface area contributed by atoms with E-state index >= 15 is 0 Å². The molecule has 1 aliphatic rings. The van der Waals surface area contributed by atoms with Crippen LogP contribution in [0.4, 0.5) is 0 Å². The second kappa shape index (κ2) is 4.04. The fourth-order valence-electron chi connectivity index (χ4n) is 2.04. The minimum Gasteiger partial charge on any atom is -0.294 e. The quantitative estimate of drug-likeness (QED) is 0.727. The summed E-state index contributed by atoms with van der Waals surface area (Å²) in [7, 11) is 0. The highest BCUT2D eigenvalue weighted by atomic mass is 35.5. The van der Waals surface area contributed by atoms with Crippen molar-refractivity contribution < 1.29 is 4.79 Å². The lowest BCUT2D eigenvalue weighted by Gasteiger charge is -2.22. The molecule has 1 aliphatic carbocycles. The third-order valence-electron chi connectivity index (χ3n) is 2.81. The van der Waals surface area contributed by atoms with Crippen LogP contribution in [0.3, 0.4) is 0 Å². The Morgan fingerprint density at radius 1 is 1.53 bits per heavy atom. The van der Waals surface area contributed by atoms with Gasteiger partial charge in [-0.3, -0.25) is 4.79 Å². The summed E-state index contributed by atoms with van der Waals surface area (Å²) in [6, 6.07) is 7.47. The van der Waals surface area contributed by atoms with Crippen LogP contribution in [-0.4, -0.2) is 5.78 Å². The lowest BCUT2D eigenvalue weighted by molar-refractivity contribution is 0.0967. The Hall–Kier alpha value is -1.33. The molecule has 15 heavy (non-hydrogen) atoms. The van der Waals surface area contributed by atoms with E-state index in [-0.39, 0.29) is 11.7 Å². The molecule has 0 aromatic heterocycles. The number of ketones is 1. The van der Waals surface area contributed by atoms with E-state index in [1.54, 1.807) is 12.1 Å². The number of carbonyl (C=O) groups is 1. The number of nitrogens with zero attached hydrogens (tertiary/aromatic N) is 1. The highest BCUT2D eigenvalue weighted by Gasteiger charge is 2.25. The van der Waals surface area contributed by atoms with Crippen LogP contribution in [0.2, 0.25) is 5.02 Å². The first-order valence-corrected chi connectivity index (χ1v) is 5.29. The van der Waals surface area contributed by atoms with Gasteiger partial charge in [-0.05, 0) is 36.1 Å². The Balaban J connectivity index is 2.47. The average Bonchev–Trinajstić information content (AvgIpc) is 2.22. The molecule has 3 heteroatoms. The monoisotopic (exact) mass is 219 g/mol. The molecule has 2 rings (SSSR count). The van der Waals surface area contributed by atoms with E-state index in [4.69, 9.17) is 16.9 Å². The smallest absolute Gasteiger partial charge is 0.163 e. The second-order valence-corrected chi connectivity index (χ2v) is 4.19. The fourth-order valence-corrected chi connectivity index (χ4v) is 2.22. The Labute approximate surface area is 93.5 Å². The molecule has 0 spiro atoms. The summed E-state index contributed by atoms with van der Waals surface area (Å²) < 4.78 is 0. The zero-order chi connectivity index (χ0) is 10.8. The second-order valence-electron chi connectivity index (χ2n) is 3.75. The van der Waals surface area contributed by atoms with Gasteiger partial charge in [-0.15, -0.1) is 0 Å². The van der Waals surface area contributed by atoms with Crippen molar-refractivity contribution in [2.24, 2.45) is 0 Å². The number of carbonyl (C=O) groups excluding carboxylic acids is 1. The van der Waals surface area contributed by atoms with E-state index in [1.165, 1.54) is 0 Å². The van der Waals surface area contributed by atoms with E-state index in [0.717, 1.165) is 17.5 Å². The van der Waals surface area contributed by atoms with Crippen LogP contribution in [0, 0.1) is 11.3 Å². The van der Waals surface area contributed by atoms with E-state index < -0.39 is 0 Å². The maximum atomic E-state index is 11.6. The van der Waals surface area contributed by atoms with Crippen LogP contribution < -0.4 is 0 Å². The first-order chi connectivity index (χ1) is 7.22. The van der Waals surface area contributed by atoms with Gasteiger partial charge in [0.25, 0.3) is 0 Å². The molecule has 2 nitrogen and oxygen atoms in total. The SMILES string of the molecule is N#CCC1CCC(=O)c2ccc(Cl)cc21. The van der Waals surface area contributed by atoms with Crippen molar-refractivity contribution >= 4 is 17.4 Å². The van der Waals surface area contributed by atoms with Crippen LogP contribution in [-0.2, 0) is 0 Å². The van der Waals surface area contributed by atoms with Gasteiger partial charge >= 0.3 is 0 Å². The summed E-state index contributed by atoms with van der Waals surface area (Å²) in [6.07, 6.45) is 1.77. The van der Waals surface area contributed by atoms with E-state index in [2.05, 4.69) is 6.07 Å². The molecule has 0 saturated heterocycles. The number of fused-ring (bicyclic) bond motifs is 1. The molecular formula is C12H10ClNO. The standard InChI is InChI=1S/C12H10ClNO/c13-9-2-3-10-11(7-9)8(5-6-14)1-4-12(10)15/h2-3,7-8H,1,4-5H2. The molecule has 1 atom stereocenters. The summed E-state index contributed by atoms with van der Waals surface area (Å²) in [4.78, 5) is 11.6. The molecule has 76 valence electrons. The van der Waals surface area contributed by atoms with Gasteiger partial charge in [0.15, 0.2) is 5.78 Å². The molecule has 0 heterocycles. The van der Waals surface area contributed by atoms with Crippen LogP contribution in [0.5, 0.6) is 0 Å². The van der Waals surface area contributed by atoms with Crippen LogP contribution in [0.1, 0.15) is 41.1 Å². The Kier molecular flexibility index (Phi) is 2.75. The Bertz CT molecular complexity index is 447. The maximum Gasteiger partial charge on any atom is 0.163 e. The van der Waals surface area contributed by atoms with Gasteiger partial charge < -0.3 is 0 Å². The summed E-state index contributed by atoms with van der Waals surface area (Å²) in [6.45, 7) is 0. The van der Waals surface area contributed by atoms with E-state index in [9.17, 15) is 4.79 Å². The molecule has 0 amide bonds. The number of benzene rings is 1. The molecule has 1 unspecified atom stereocenters. The van der Waals surface area contributed by atoms with Gasteiger partial charge in [-0.1, -0.05) is 11.6 Å². The molecular weight excluding hydrogens is 210 g/mol. The number of nitriles is 1. The average molecular weight is 220 g/mol. The lowest BCUT2D eigenvalue weighted by Crippen LogP contribution is -2.15.